The monoisotopic (exact) mass is 665 g/mol. The molecule has 1 aliphatic heterocycles. The fourth-order valence-corrected chi connectivity index (χ4v) is 22.0. The van der Waals surface area contributed by atoms with Gasteiger partial charge in [-0.3, -0.25) is 0 Å². The van der Waals surface area contributed by atoms with Gasteiger partial charge in [-0.15, -0.1) is 0 Å². The van der Waals surface area contributed by atoms with Gasteiger partial charge in [-0.1, -0.05) is 0 Å². The standard InChI is InChI=1S/C7H7NO2.C7H6NO2.3C7H7.Sb/c2*9-7(8-10)6-4-2-1-3-5-6;3*1-7-5-3-2-4-6-7;/h1-5,10H,(H,8,9);1-5H,(H-,8,9,10);3*2-3,5-6H,1H3;/q;-1;;;;+2/p-2. The van der Waals surface area contributed by atoms with Gasteiger partial charge in [-0.05, 0) is 0 Å². The molecule has 0 saturated heterocycles. The summed E-state index contributed by atoms with van der Waals surface area (Å²) in [4.78, 5) is 13.7. The molecule has 1 N–H and O–H groups in total. The third-order valence-electron chi connectivity index (χ3n) is 7.75. The van der Waals surface area contributed by atoms with Crippen molar-refractivity contribution in [3.63, 3.8) is 0 Å². The van der Waals surface area contributed by atoms with E-state index in [-0.39, 0.29) is 5.90 Å². The van der Waals surface area contributed by atoms with Crippen LogP contribution in [-0.2, 0) is 9.25 Å². The van der Waals surface area contributed by atoms with Gasteiger partial charge in [0, 0.05) is 0 Å². The Balaban J connectivity index is 1.75. The number of hydrogen-bond acceptors (Lipinski definition) is 5. The number of amides is 1. The number of aryl methyl sites for hydroxylation is 3. The van der Waals surface area contributed by atoms with Crippen LogP contribution < -0.4 is 16.0 Å². The van der Waals surface area contributed by atoms with Gasteiger partial charge in [-0.2, -0.15) is 0 Å². The normalized spacial score (nSPS) is 17.6. The number of carbonyl (C=O) groups is 1. The van der Waals surface area contributed by atoms with E-state index < -0.39 is 23.2 Å². The number of hydrogen-bond donors (Lipinski definition) is 1. The molecule has 0 fully saturated rings. The van der Waals surface area contributed by atoms with E-state index in [0.29, 0.717) is 16.1 Å². The van der Waals surface area contributed by atoms with E-state index in [1.165, 1.54) is 0 Å². The molecule has 0 aliphatic carbocycles. The van der Waals surface area contributed by atoms with E-state index in [1.54, 1.807) is 24.3 Å². The number of carbonyl (C=O) groups excluding carboxylic acids is 1. The van der Waals surface area contributed by atoms with Crippen molar-refractivity contribution in [3.8, 4) is 0 Å². The fraction of sp³-hybridized carbons (Fsp3) is 0.0857. The van der Waals surface area contributed by atoms with Gasteiger partial charge in [0.2, 0.25) is 0 Å². The molecule has 0 radical (unpaired) electrons. The minimum absolute atomic E-state index is 0.267. The number of rotatable bonds is 7. The van der Waals surface area contributed by atoms with Crippen LogP contribution in [0.15, 0.2) is 139 Å². The second kappa shape index (κ2) is 10.2. The maximum atomic E-state index is 13.7. The minimum atomic E-state index is -6.89. The molecule has 5 aromatic carbocycles. The first-order chi connectivity index (χ1) is 20.3. The predicted octanol–water partition coefficient (Wildman–Crippen LogP) is 5.25. The molecule has 7 heteroatoms. The Labute approximate surface area is 245 Å². The molecule has 212 valence electrons. The fourth-order valence-electron chi connectivity index (χ4n) is 5.60. The van der Waals surface area contributed by atoms with Crippen molar-refractivity contribution in [3.05, 3.63) is 161 Å². The molecule has 0 bridgehead atoms. The predicted molar refractivity (Wildman–Crippen MR) is 168 cm³/mol. The van der Waals surface area contributed by atoms with Gasteiger partial charge in [0.25, 0.3) is 0 Å². The van der Waals surface area contributed by atoms with Gasteiger partial charge >= 0.3 is 246 Å². The molecular weight excluding hydrogens is 634 g/mol. The third kappa shape index (κ3) is 4.05. The Morgan fingerprint density at radius 3 is 1.60 bits per heavy atom. The van der Waals surface area contributed by atoms with Gasteiger partial charge in [-0.25, -0.2) is 0 Å². The van der Waals surface area contributed by atoms with E-state index >= 15 is 0 Å². The van der Waals surface area contributed by atoms with Crippen LogP contribution >= 0.6 is 0 Å². The summed E-state index contributed by atoms with van der Waals surface area (Å²) in [6.45, 7) is 6.02. The summed E-state index contributed by atoms with van der Waals surface area (Å²) in [7, 11) is 0. The molecule has 1 heterocycles. The second-order valence-corrected chi connectivity index (χ2v) is 24.5. The first kappa shape index (κ1) is 27.8. The van der Waals surface area contributed by atoms with E-state index in [0.717, 1.165) is 22.3 Å². The molecule has 1 amide bonds. The van der Waals surface area contributed by atoms with E-state index in [1.807, 2.05) is 130 Å². The molecule has 6 rings (SSSR count). The zero-order valence-electron chi connectivity index (χ0n) is 23.7. The molecule has 1 aliphatic rings. The van der Waals surface area contributed by atoms with Crippen molar-refractivity contribution in [1.29, 1.82) is 0 Å². The molecule has 6 nitrogen and oxygen atoms in total. The average Bonchev–Trinajstić information content (AvgIpc) is 3.42. The quantitative estimate of drug-likeness (QED) is 0.191. The first-order valence-electron chi connectivity index (χ1n) is 13.8. The first-order valence-corrected chi connectivity index (χ1v) is 20.7. The van der Waals surface area contributed by atoms with Crippen molar-refractivity contribution in [1.82, 2.24) is 5.48 Å². The van der Waals surface area contributed by atoms with E-state index in [2.05, 4.69) is 10.6 Å². The topological polar surface area (TPSA) is 69.2 Å². The van der Waals surface area contributed by atoms with Crippen LogP contribution in [0.1, 0.15) is 32.6 Å². The van der Waals surface area contributed by atoms with Gasteiger partial charge in [0.15, 0.2) is 0 Å². The zero-order valence-corrected chi connectivity index (χ0v) is 26.3. The molecule has 0 unspecified atom stereocenters. The summed E-state index contributed by atoms with van der Waals surface area (Å²) in [5.74, 6) is -0.169. The summed E-state index contributed by atoms with van der Waals surface area (Å²) in [6, 6.07) is 42.2. The van der Waals surface area contributed by atoms with Crippen LogP contribution in [0.25, 0.3) is 0 Å². The molecular formula is C35H32N2O4Sb-. The molecule has 0 spiro atoms. The number of benzene rings is 5. The van der Waals surface area contributed by atoms with Crippen LogP contribution in [0.2, 0.25) is 0 Å². The summed E-state index contributed by atoms with van der Waals surface area (Å²) in [5.41, 5.74) is 6.87. The zero-order chi connectivity index (χ0) is 29.3. The van der Waals surface area contributed by atoms with Crippen LogP contribution in [-0.4, -0.2) is 29.1 Å². The van der Waals surface area contributed by atoms with E-state index in [4.69, 9.17) is 9.25 Å². The average molecular weight is 666 g/mol. The molecule has 42 heavy (non-hydrogen) atoms. The number of hydroxylamine groups is 1. The summed E-state index contributed by atoms with van der Waals surface area (Å²) < 4.78 is 23.5. The van der Waals surface area contributed by atoms with Crippen LogP contribution in [0.3, 0.4) is 0 Å². The van der Waals surface area contributed by atoms with Gasteiger partial charge in [0.1, 0.15) is 0 Å². The molecule has 0 aromatic heterocycles. The van der Waals surface area contributed by atoms with Crippen molar-refractivity contribution < 1.29 is 14.0 Å². The van der Waals surface area contributed by atoms with Crippen molar-refractivity contribution in [2.45, 2.75) is 20.8 Å². The van der Waals surface area contributed by atoms with Crippen molar-refractivity contribution >= 4 is 39.6 Å². The SMILES string of the molecule is Cc1ccc[c]([Sb-]2([O]NC(=O)c3ccccc3)([c]3cccc(C)c3)([c]3cccc(C)c3)[O]N=C(c3ccccc3)[O]2)c1. The van der Waals surface area contributed by atoms with Crippen LogP contribution in [0.5, 0.6) is 0 Å². The second-order valence-electron chi connectivity index (χ2n) is 10.7. The van der Waals surface area contributed by atoms with Gasteiger partial charge in [0.05, 0.1) is 0 Å². The van der Waals surface area contributed by atoms with Crippen LogP contribution in [0.4, 0.5) is 0 Å². The van der Waals surface area contributed by atoms with Crippen molar-refractivity contribution in [2.24, 2.45) is 5.16 Å². The van der Waals surface area contributed by atoms with E-state index in [9.17, 15) is 4.79 Å². The Hall–Kier alpha value is -4.38. The Morgan fingerprint density at radius 1 is 0.643 bits per heavy atom. The third-order valence-corrected chi connectivity index (χ3v) is 24.4. The Bertz CT molecular complexity index is 1720. The summed E-state index contributed by atoms with van der Waals surface area (Å²) >= 11 is -6.89. The number of nitrogens with zero attached hydrogens (tertiary/aromatic N) is 1. The molecule has 0 atom stereocenters. The van der Waals surface area contributed by atoms with Crippen LogP contribution in [0, 0.1) is 20.8 Å². The molecule has 5 aromatic rings. The molecule has 0 saturated carbocycles. The summed E-state index contributed by atoms with van der Waals surface area (Å²) in [6.07, 6.45) is 0. The maximum absolute atomic E-state index is 13.7. The Morgan fingerprint density at radius 2 is 1.12 bits per heavy atom. The Kier molecular flexibility index (Phi) is 6.72. The van der Waals surface area contributed by atoms with Gasteiger partial charge < -0.3 is 0 Å². The summed E-state index contributed by atoms with van der Waals surface area (Å²) in [5, 5.41) is 4.68. The van der Waals surface area contributed by atoms with Crippen molar-refractivity contribution in [2.75, 3.05) is 0 Å². The number of oxime groups is 1. The number of nitrogens with one attached hydrogen (secondary N) is 1.